The van der Waals surface area contributed by atoms with Crippen LogP contribution in [0.1, 0.15) is 39.0 Å². The average molecular weight is 389 g/mol. The first-order valence-electron chi connectivity index (χ1n) is 9.30. The van der Waals surface area contributed by atoms with Gasteiger partial charge in [0.25, 0.3) is 11.8 Å². The van der Waals surface area contributed by atoms with Gasteiger partial charge in [-0.3, -0.25) is 19.7 Å². The number of urea groups is 1. The summed E-state index contributed by atoms with van der Waals surface area (Å²) < 4.78 is 10.5. The number of anilines is 1. The third kappa shape index (κ3) is 4.99. The Hall–Kier alpha value is -3.10. The molecule has 0 spiro atoms. The lowest BCUT2D eigenvalue weighted by Gasteiger charge is -2.25. The number of fused-ring (bicyclic) bond motifs is 1. The lowest BCUT2D eigenvalue weighted by molar-refractivity contribution is -0.157. The minimum Gasteiger partial charge on any atom is -0.478 e. The first kappa shape index (κ1) is 19.7. The maximum absolute atomic E-state index is 12.1. The van der Waals surface area contributed by atoms with Crippen LogP contribution in [0.4, 0.5) is 10.5 Å². The molecule has 9 nitrogen and oxygen atoms in total. The zero-order valence-corrected chi connectivity index (χ0v) is 15.5. The van der Waals surface area contributed by atoms with E-state index in [-0.39, 0.29) is 12.5 Å². The van der Waals surface area contributed by atoms with Crippen molar-refractivity contribution in [3.8, 4) is 5.75 Å². The first-order valence-corrected chi connectivity index (χ1v) is 9.30. The second-order valence-electron chi connectivity index (χ2n) is 6.87. The molecule has 1 saturated carbocycles. The van der Waals surface area contributed by atoms with Crippen molar-refractivity contribution in [1.82, 2.24) is 10.6 Å². The summed E-state index contributed by atoms with van der Waals surface area (Å²) in [5.41, 5.74) is 0.526. The van der Waals surface area contributed by atoms with Crippen LogP contribution in [0.2, 0.25) is 0 Å². The molecule has 0 radical (unpaired) electrons. The Balaban J connectivity index is 1.45. The zero-order valence-electron chi connectivity index (χ0n) is 15.5. The smallest absolute Gasteiger partial charge is 0.321 e. The highest BCUT2D eigenvalue weighted by Crippen LogP contribution is 2.29. The molecule has 4 amide bonds. The van der Waals surface area contributed by atoms with Crippen molar-refractivity contribution in [2.75, 3.05) is 5.32 Å². The number of ether oxygens (including phenoxy) is 2. The molecule has 3 N–H and O–H groups in total. The summed E-state index contributed by atoms with van der Waals surface area (Å²) in [4.78, 5) is 48.0. The molecule has 0 unspecified atom stereocenters. The number of amides is 4. The third-order valence-electron chi connectivity index (χ3n) is 4.66. The Morgan fingerprint density at radius 2 is 1.96 bits per heavy atom. The van der Waals surface area contributed by atoms with E-state index in [2.05, 4.69) is 16.0 Å². The Bertz CT molecular complexity index is 775. The molecular weight excluding hydrogens is 366 g/mol. The Labute approximate surface area is 162 Å². The van der Waals surface area contributed by atoms with Crippen molar-refractivity contribution in [2.24, 2.45) is 0 Å². The first-order chi connectivity index (χ1) is 13.4. The minimum atomic E-state index is -1.18. The lowest BCUT2D eigenvalue weighted by atomic mass is 10.1. The quantitative estimate of drug-likeness (QED) is 0.656. The normalized spacial score (nSPS) is 19.6. The number of para-hydroxylation sites is 2. The van der Waals surface area contributed by atoms with E-state index >= 15 is 0 Å². The molecular formula is C19H23N3O6. The highest BCUT2D eigenvalue weighted by atomic mass is 16.6. The van der Waals surface area contributed by atoms with Gasteiger partial charge in [-0.2, -0.15) is 0 Å². The molecule has 1 aromatic carbocycles. The summed E-state index contributed by atoms with van der Waals surface area (Å²) in [6.45, 7) is 1.35. The van der Waals surface area contributed by atoms with E-state index in [4.69, 9.17) is 9.47 Å². The van der Waals surface area contributed by atoms with E-state index in [9.17, 15) is 19.2 Å². The average Bonchev–Trinajstić information content (AvgIpc) is 3.15. The molecule has 9 heteroatoms. The summed E-state index contributed by atoms with van der Waals surface area (Å²) >= 11 is 0. The second kappa shape index (κ2) is 8.73. The van der Waals surface area contributed by atoms with Crippen LogP contribution in [0.5, 0.6) is 5.75 Å². The van der Waals surface area contributed by atoms with Gasteiger partial charge < -0.3 is 20.1 Å². The van der Waals surface area contributed by atoms with Crippen LogP contribution >= 0.6 is 0 Å². The third-order valence-corrected chi connectivity index (χ3v) is 4.66. The Morgan fingerprint density at radius 1 is 1.25 bits per heavy atom. The molecule has 1 heterocycles. The largest absolute Gasteiger partial charge is 0.478 e. The molecule has 28 heavy (non-hydrogen) atoms. The molecule has 3 rings (SSSR count). The van der Waals surface area contributed by atoms with Gasteiger partial charge in [-0.1, -0.05) is 25.0 Å². The predicted molar refractivity (Wildman–Crippen MR) is 98.6 cm³/mol. The highest BCUT2D eigenvalue weighted by molar-refractivity contribution is 6.00. The fourth-order valence-corrected chi connectivity index (χ4v) is 3.18. The maximum atomic E-state index is 12.1. The molecule has 0 bridgehead atoms. The fourth-order valence-electron chi connectivity index (χ4n) is 3.18. The molecule has 0 aromatic heterocycles. The standard InChI is InChI=1S/C19H23N3O6/c1-11(17(24)22-19(26)20-12-6-2-3-7-12)27-16(23)10-15-18(25)21-13-8-4-5-9-14(13)28-15/h4-5,8-9,11-12,15H,2-3,6-7,10H2,1H3,(H,21,25)(H2,20,22,24,26)/t11-,15+/m0/s1. The number of benzene rings is 1. The molecule has 2 aliphatic rings. The van der Waals surface area contributed by atoms with Gasteiger partial charge in [-0.15, -0.1) is 0 Å². The van der Waals surface area contributed by atoms with Crippen molar-refractivity contribution in [3.05, 3.63) is 24.3 Å². The number of hydrogen-bond acceptors (Lipinski definition) is 6. The highest BCUT2D eigenvalue weighted by Gasteiger charge is 2.31. The van der Waals surface area contributed by atoms with Gasteiger partial charge in [-0.25, -0.2) is 4.79 Å². The second-order valence-corrected chi connectivity index (χ2v) is 6.87. The van der Waals surface area contributed by atoms with E-state index in [1.54, 1.807) is 24.3 Å². The number of nitrogens with one attached hydrogen (secondary N) is 3. The topological polar surface area (TPSA) is 123 Å². The molecule has 150 valence electrons. The number of esters is 1. The number of hydrogen-bond donors (Lipinski definition) is 3. The molecule has 1 aliphatic heterocycles. The van der Waals surface area contributed by atoms with Gasteiger partial charge >= 0.3 is 12.0 Å². The van der Waals surface area contributed by atoms with Gasteiger partial charge in [0.2, 0.25) is 0 Å². The zero-order chi connectivity index (χ0) is 20.1. The lowest BCUT2D eigenvalue weighted by Crippen LogP contribution is -2.47. The van der Waals surface area contributed by atoms with Gasteiger partial charge in [-0.05, 0) is 31.9 Å². The summed E-state index contributed by atoms with van der Waals surface area (Å²) in [6, 6.07) is 6.31. The molecule has 1 aromatic rings. The molecule has 1 aliphatic carbocycles. The Kier molecular flexibility index (Phi) is 6.13. The number of rotatable bonds is 5. The minimum absolute atomic E-state index is 0.0653. The number of carbonyl (C=O) groups excluding carboxylic acids is 4. The van der Waals surface area contributed by atoms with Crippen LogP contribution in [0.3, 0.4) is 0 Å². The van der Waals surface area contributed by atoms with Crippen LogP contribution in [0, 0.1) is 0 Å². The maximum Gasteiger partial charge on any atom is 0.321 e. The SMILES string of the molecule is C[C@H](OC(=O)C[C@H]1Oc2ccccc2NC1=O)C(=O)NC(=O)NC1CCCC1. The molecule has 1 fully saturated rings. The van der Waals surface area contributed by atoms with E-state index in [1.807, 2.05) is 0 Å². The van der Waals surface area contributed by atoms with E-state index in [0.717, 1.165) is 25.7 Å². The summed E-state index contributed by atoms with van der Waals surface area (Å²) in [7, 11) is 0. The van der Waals surface area contributed by atoms with E-state index in [0.29, 0.717) is 11.4 Å². The predicted octanol–water partition coefficient (Wildman–Crippen LogP) is 1.48. The van der Waals surface area contributed by atoms with E-state index < -0.39 is 36.0 Å². The van der Waals surface area contributed by atoms with Gasteiger partial charge in [0, 0.05) is 6.04 Å². The van der Waals surface area contributed by atoms with Gasteiger partial charge in [0.1, 0.15) is 5.75 Å². The summed E-state index contributed by atoms with van der Waals surface area (Å²) in [5.74, 6) is -1.53. The van der Waals surface area contributed by atoms with Gasteiger partial charge in [0.05, 0.1) is 12.1 Å². The summed E-state index contributed by atoms with van der Waals surface area (Å²) in [5, 5.41) is 7.52. The van der Waals surface area contributed by atoms with Crippen LogP contribution in [0.15, 0.2) is 24.3 Å². The molecule has 0 saturated heterocycles. The van der Waals surface area contributed by atoms with Crippen molar-refractivity contribution in [2.45, 2.75) is 57.3 Å². The van der Waals surface area contributed by atoms with Crippen LogP contribution in [-0.2, 0) is 19.1 Å². The van der Waals surface area contributed by atoms with Crippen molar-refractivity contribution in [1.29, 1.82) is 0 Å². The Morgan fingerprint density at radius 3 is 2.71 bits per heavy atom. The van der Waals surface area contributed by atoms with E-state index in [1.165, 1.54) is 6.92 Å². The summed E-state index contributed by atoms with van der Waals surface area (Å²) in [6.07, 6.45) is 1.29. The van der Waals surface area contributed by atoms with Gasteiger partial charge in [0.15, 0.2) is 12.2 Å². The van der Waals surface area contributed by atoms with Crippen molar-refractivity contribution >= 4 is 29.5 Å². The van der Waals surface area contributed by atoms with Crippen molar-refractivity contribution < 1.29 is 28.7 Å². The van der Waals surface area contributed by atoms with Crippen LogP contribution < -0.4 is 20.7 Å². The monoisotopic (exact) mass is 389 g/mol. The fraction of sp³-hybridized carbons (Fsp3) is 0.474. The van der Waals surface area contributed by atoms with Crippen LogP contribution in [-0.4, -0.2) is 42.1 Å². The molecule has 2 atom stereocenters. The number of carbonyl (C=O) groups is 4. The van der Waals surface area contributed by atoms with Crippen molar-refractivity contribution in [3.63, 3.8) is 0 Å². The van der Waals surface area contributed by atoms with Crippen LogP contribution in [0.25, 0.3) is 0 Å². The number of imide groups is 1.